The molecule has 0 unspecified atom stereocenters. The first-order valence-corrected chi connectivity index (χ1v) is 6.77. The molecule has 0 aromatic heterocycles. The number of Topliss-reactive ketones (excluding diaryl/α,β-unsaturated/α-hetero) is 1. The van der Waals surface area contributed by atoms with Crippen LogP contribution in [0.4, 0.5) is 0 Å². The maximum atomic E-state index is 11.5. The van der Waals surface area contributed by atoms with Gasteiger partial charge in [0.15, 0.2) is 0 Å². The van der Waals surface area contributed by atoms with E-state index >= 15 is 0 Å². The van der Waals surface area contributed by atoms with Crippen molar-refractivity contribution in [2.24, 2.45) is 5.92 Å². The van der Waals surface area contributed by atoms with Crippen molar-refractivity contribution in [3.8, 4) is 5.75 Å². The van der Waals surface area contributed by atoms with Crippen molar-refractivity contribution in [2.45, 2.75) is 53.1 Å². The Morgan fingerprint density at radius 3 is 2.22 bits per heavy atom. The fourth-order valence-electron chi connectivity index (χ4n) is 1.76. The molecule has 0 saturated heterocycles. The van der Waals surface area contributed by atoms with Crippen LogP contribution in [-0.2, 0) is 11.2 Å². The van der Waals surface area contributed by atoms with Gasteiger partial charge in [0, 0.05) is 12.3 Å². The van der Waals surface area contributed by atoms with Crippen LogP contribution in [0.2, 0.25) is 0 Å². The lowest BCUT2D eigenvalue weighted by Crippen LogP contribution is -2.07. The van der Waals surface area contributed by atoms with Gasteiger partial charge in [-0.3, -0.25) is 4.79 Å². The van der Waals surface area contributed by atoms with Crippen LogP contribution in [0.5, 0.6) is 5.75 Å². The van der Waals surface area contributed by atoms with Gasteiger partial charge < -0.3 is 4.74 Å². The summed E-state index contributed by atoms with van der Waals surface area (Å²) in [4.78, 5) is 11.5. The van der Waals surface area contributed by atoms with Crippen LogP contribution in [0.25, 0.3) is 0 Å². The molecule has 0 spiro atoms. The van der Waals surface area contributed by atoms with Crippen LogP contribution in [0.3, 0.4) is 0 Å². The highest BCUT2D eigenvalue weighted by Gasteiger charge is 2.06. The molecule has 0 N–H and O–H groups in total. The standard InChI is InChI=1S/C16H24O2/c1-12(2)16(17)7-5-6-14-8-10-15(11-9-14)18-13(3)4/h8-13H,5-7H2,1-4H3. The number of ether oxygens (including phenoxy) is 1. The van der Waals surface area contributed by atoms with E-state index in [9.17, 15) is 4.79 Å². The molecule has 100 valence electrons. The van der Waals surface area contributed by atoms with E-state index in [1.807, 2.05) is 39.8 Å². The molecule has 0 fully saturated rings. The molecule has 0 aliphatic rings. The zero-order chi connectivity index (χ0) is 13.5. The average molecular weight is 248 g/mol. The summed E-state index contributed by atoms with van der Waals surface area (Å²) in [5, 5.41) is 0. The van der Waals surface area contributed by atoms with Gasteiger partial charge in [-0.15, -0.1) is 0 Å². The molecular weight excluding hydrogens is 224 g/mol. The minimum Gasteiger partial charge on any atom is -0.491 e. The minimum absolute atomic E-state index is 0.159. The average Bonchev–Trinajstić information content (AvgIpc) is 2.30. The van der Waals surface area contributed by atoms with E-state index in [1.165, 1.54) is 5.56 Å². The highest BCUT2D eigenvalue weighted by atomic mass is 16.5. The molecule has 1 aromatic rings. The molecular formula is C16H24O2. The van der Waals surface area contributed by atoms with Gasteiger partial charge in [-0.25, -0.2) is 0 Å². The predicted octanol–water partition coefficient (Wildman–Crippen LogP) is 4.02. The zero-order valence-electron chi connectivity index (χ0n) is 11.9. The van der Waals surface area contributed by atoms with Crippen LogP contribution in [0.1, 0.15) is 46.1 Å². The van der Waals surface area contributed by atoms with E-state index in [2.05, 4.69) is 12.1 Å². The van der Waals surface area contributed by atoms with Crippen LogP contribution in [-0.4, -0.2) is 11.9 Å². The summed E-state index contributed by atoms with van der Waals surface area (Å²) in [5.74, 6) is 1.42. The first-order valence-electron chi connectivity index (χ1n) is 6.77. The van der Waals surface area contributed by atoms with Gasteiger partial charge in [-0.1, -0.05) is 26.0 Å². The second kappa shape index (κ2) is 7.20. The van der Waals surface area contributed by atoms with Gasteiger partial charge >= 0.3 is 0 Å². The molecule has 0 aliphatic carbocycles. The second-order valence-corrected chi connectivity index (χ2v) is 5.29. The Balaban J connectivity index is 2.37. The maximum Gasteiger partial charge on any atom is 0.135 e. The number of hydrogen-bond donors (Lipinski definition) is 0. The molecule has 1 rings (SSSR count). The highest BCUT2D eigenvalue weighted by molar-refractivity contribution is 5.80. The van der Waals surface area contributed by atoms with Crippen molar-refractivity contribution in [3.05, 3.63) is 29.8 Å². The molecule has 0 heterocycles. The second-order valence-electron chi connectivity index (χ2n) is 5.29. The third-order valence-electron chi connectivity index (χ3n) is 2.83. The molecule has 2 nitrogen and oxygen atoms in total. The topological polar surface area (TPSA) is 26.3 Å². The van der Waals surface area contributed by atoms with Crippen molar-refractivity contribution in [3.63, 3.8) is 0 Å². The first kappa shape index (κ1) is 14.7. The lowest BCUT2D eigenvalue weighted by molar-refractivity contribution is -0.121. The lowest BCUT2D eigenvalue weighted by atomic mass is 10.0. The third-order valence-corrected chi connectivity index (χ3v) is 2.83. The normalized spacial score (nSPS) is 11.0. The maximum absolute atomic E-state index is 11.5. The third kappa shape index (κ3) is 5.35. The number of carbonyl (C=O) groups is 1. The van der Waals surface area contributed by atoms with Gasteiger partial charge in [-0.2, -0.15) is 0 Å². The zero-order valence-corrected chi connectivity index (χ0v) is 11.9. The smallest absolute Gasteiger partial charge is 0.135 e. The monoisotopic (exact) mass is 248 g/mol. The van der Waals surface area contributed by atoms with Crippen LogP contribution >= 0.6 is 0 Å². The Bertz CT molecular complexity index is 363. The van der Waals surface area contributed by atoms with Gasteiger partial charge in [0.2, 0.25) is 0 Å². The molecule has 0 bridgehead atoms. The number of carbonyl (C=O) groups excluding carboxylic acids is 1. The molecule has 2 heteroatoms. The van der Waals surface area contributed by atoms with E-state index in [0.29, 0.717) is 12.2 Å². The number of aryl methyl sites for hydroxylation is 1. The van der Waals surface area contributed by atoms with Crippen LogP contribution in [0, 0.1) is 5.92 Å². The van der Waals surface area contributed by atoms with Crippen LogP contribution < -0.4 is 4.74 Å². The summed E-state index contributed by atoms with van der Waals surface area (Å²) in [7, 11) is 0. The Morgan fingerprint density at radius 2 is 1.72 bits per heavy atom. The molecule has 0 saturated carbocycles. The molecule has 0 atom stereocenters. The lowest BCUT2D eigenvalue weighted by Gasteiger charge is -2.10. The van der Waals surface area contributed by atoms with E-state index < -0.39 is 0 Å². The molecule has 0 amide bonds. The first-order chi connectivity index (χ1) is 8.49. The fraction of sp³-hybridized carbons (Fsp3) is 0.562. The van der Waals surface area contributed by atoms with E-state index in [1.54, 1.807) is 0 Å². The molecule has 1 aromatic carbocycles. The Morgan fingerprint density at radius 1 is 1.11 bits per heavy atom. The highest BCUT2D eigenvalue weighted by Crippen LogP contribution is 2.15. The van der Waals surface area contributed by atoms with Crippen molar-refractivity contribution < 1.29 is 9.53 Å². The fourth-order valence-corrected chi connectivity index (χ4v) is 1.76. The number of benzene rings is 1. The number of hydrogen-bond acceptors (Lipinski definition) is 2. The summed E-state index contributed by atoms with van der Waals surface area (Å²) in [5.41, 5.74) is 1.27. The number of ketones is 1. The summed E-state index contributed by atoms with van der Waals surface area (Å²) >= 11 is 0. The van der Waals surface area contributed by atoms with Crippen LogP contribution in [0.15, 0.2) is 24.3 Å². The van der Waals surface area contributed by atoms with Crippen molar-refractivity contribution >= 4 is 5.78 Å². The molecule has 18 heavy (non-hydrogen) atoms. The Hall–Kier alpha value is -1.31. The predicted molar refractivity (Wildman–Crippen MR) is 75.0 cm³/mol. The summed E-state index contributed by atoms with van der Waals surface area (Å²) < 4.78 is 5.59. The molecule has 0 aliphatic heterocycles. The van der Waals surface area contributed by atoms with E-state index in [4.69, 9.17) is 4.74 Å². The van der Waals surface area contributed by atoms with Gasteiger partial charge in [0.25, 0.3) is 0 Å². The van der Waals surface area contributed by atoms with Gasteiger partial charge in [0.1, 0.15) is 11.5 Å². The Kier molecular flexibility index (Phi) is 5.90. The van der Waals surface area contributed by atoms with Crippen molar-refractivity contribution in [2.75, 3.05) is 0 Å². The minimum atomic E-state index is 0.159. The summed E-state index contributed by atoms with van der Waals surface area (Å²) in [6, 6.07) is 8.16. The quantitative estimate of drug-likeness (QED) is 0.728. The largest absolute Gasteiger partial charge is 0.491 e. The van der Waals surface area contributed by atoms with Gasteiger partial charge in [-0.05, 0) is 44.4 Å². The molecule has 0 radical (unpaired) electrons. The van der Waals surface area contributed by atoms with E-state index in [0.717, 1.165) is 18.6 Å². The van der Waals surface area contributed by atoms with E-state index in [-0.39, 0.29) is 12.0 Å². The summed E-state index contributed by atoms with van der Waals surface area (Å²) in [6.45, 7) is 7.96. The Labute approximate surface area is 110 Å². The van der Waals surface area contributed by atoms with Crippen molar-refractivity contribution in [1.82, 2.24) is 0 Å². The van der Waals surface area contributed by atoms with Gasteiger partial charge in [0.05, 0.1) is 6.10 Å². The SMILES string of the molecule is CC(C)Oc1ccc(CCCC(=O)C(C)C)cc1. The van der Waals surface area contributed by atoms with Crippen molar-refractivity contribution in [1.29, 1.82) is 0 Å². The summed E-state index contributed by atoms with van der Waals surface area (Å²) in [6.07, 6.45) is 2.78. The number of rotatable bonds is 7.